The number of nitrogens with two attached hydrogens (primary N) is 1. The summed E-state index contributed by atoms with van der Waals surface area (Å²) in [6.45, 7) is 6.56. The molecule has 19 heavy (non-hydrogen) atoms. The second kappa shape index (κ2) is 5.84. The van der Waals surface area contributed by atoms with Crippen molar-refractivity contribution in [1.29, 1.82) is 0 Å². The summed E-state index contributed by atoms with van der Waals surface area (Å²) >= 11 is 0. The van der Waals surface area contributed by atoms with Crippen LogP contribution in [0.25, 0.3) is 11.4 Å². The van der Waals surface area contributed by atoms with Gasteiger partial charge < -0.3 is 15.0 Å². The van der Waals surface area contributed by atoms with Crippen LogP contribution in [0.2, 0.25) is 0 Å². The number of aromatic nitrogens is 2. The summed E-state index contributed by atoms with van der Waals surface area (Å²) in [5.74, 6) is 1.96. The van der Waals surface area contributed by atoms with Crippen LogP contribution >= 0.6 is 0 Å². The van der Waals surface area contributed by atoms with Crippen molar-refractivity contribution in [2.24, 2.45) is 11.7 Å². The van der Waals surface area contributed by atoms with Crippen molar-refractivity contribution in [1.82, 2.24) is 10.1 Å². The molecule has 0 saturated heterocycles. The number of rotatable bonds is 5. The standard InChI is InChI=1S/C14H19N3O2/c1-4-18-11-8-6-5-7-10(11)13-16-14(19-17-13)12(15)9(2)3/h5-9,12H,4,15H2,1-3H3/t12-/m0/s1. The minimum atomic E-state index is -0.250. The average Bonchev–Trinajstić information content (AvgIpc) is 2.88. The Kier molecular flexibility index (Phi) is 4.16. The first-order valence-electron chi connectivity index (χ1n) is 6.44. The Morgan fingerprint density at radius 2 is 2.05 bits per heavy atom. The van der Waals surface area contributed by atoms with Gasteiger partial charge in [0.05, 0.1) is 18.2 Å². The van der Waals surface area contributed by atoms with Gasteiger partial charge in [-0.25, -0.2) is 0 Å². The van der Waals surface area contributed by atoms with Crippen LogP contribution in [0.5, 0.6) is 5.75 Å². The fraction of sp³-hybridized carbons (Fsp3) is 0.429. The smallest absolute Gasteiger partial charge is 0.244 e. The third-order valence-corrected chi connectivity index (χ3v) is 2.87. The normalized spacial score (nSPS) is 12.7. The number of ether oxygens (including phenoxy) is 1. The highest BCUT2D eigenvalue weighted by Crippen LogP contribution is 2.28. The van der Waals surface area contributed by atoms with Crippen LogP contribution in [-0.2, 0) is 0 Å². The quantitative estimate of drug-likeness (QED) is 0.895. The molecule has 1 aromatic carbocycles. The van der Waals surface area contributed by atoms with Crippen LogP contribution in [0.3, 0.4) is 0 Å². The molecule has 0 aliphatic heterocycles. The van der Waals surface area contributed by atoms with Gasteiger partial charge in [0.25, 0.3) is 0 Å². The lowest BCUT2D eigenvalue weighted by molar-refractivity contribution is 0.324. The highest BCUT2D eigenvalue weighted by atomic mass is 16.5. The van der Waals surface area contributed by atoms with E-state index in [-0.39, 0.29) is 12.0 Å². The van der Waals surface area contributed by atoms with Crippen LogP contribution < -0.4 is 10.5 Å². The van der Waals surface area contributed by atoms with Crippen molar-refractivity contribution in [3.05, 3.63) is 30.2 Å². The Morgan fingerprint density at radius 3 is 2.74 bits per heavy atom. The highest BCUT2D eigenvalue weighted by Gasteiger charge is 2.19. The van der Waals surface area contributed by atoms with E-state index in [0.29, 0.717) is 18.3 Å². The molecule has 5 nitrogen and oxygen atoms in total. The zero-order valence-corrected chi connectivity index (χ0v) is 11.5. The van der Waals surface area contributed by atoms with Crippen LogP contribution in [0.4, 0.5) is 0 Å². The molecule has 0 unspecified atom stereocenters. The molecule has 0 fully saturated rings. The number of benzene rings is 1. The molecule has 2 N–H and O–H groups in total. The molecule has 0 aliphatic carbocycles. The monoisotopic (exact) mass is 261 g/mol. The van der Waals surface area contributed by atoms with Gasteiger partial charge in [0.1, 0.15) is 5.75 Å². The van der Waals surface area contributed by atoms with Crippen LogP contribution in [-0.4, -0.2) is 16.7 Å². The minimum absolute atomic E-state index is 0.246. The first kappa shape index (κ1) is 13.5. The van der Waals surface area contributed by atoms with E-state index < -0.39 is 0 Å². The van der Waals surface area contributed by atoms with E-state index >= 15 is 0 Å². The second-order valence-corrected chi connectivity index (χ2v) is 4.66. The van der Waals surface area contributed by atoms with Crippen molar-refractivity contribution < 1.29 is 9.26 Å². The third kappa shape index (κ3) is 2.93. The summed E-state index contributed by atoms with van der Waals surface area (Å²) in [6.07, 6.45) is 0. The summed E-state index contributed by atoms with van der Waals surface area (Å²) in [5.41, 5.74) is 6.81. The molecule has 0 aliphatic rings. The lowest BCUT2D eigenvalue weighted by atomic mass is 10.1. The van der Waals surface area contributed by atoms with E-state index in [1.54, 1.807) is 0 Å². The van der Waals surface area contributed by atoms with Gasteiger partial charge in [0, 0.05) is 0 Å². The zero-order valence-electron chi connectivity index (χ0n) is 11.5. The van der Waals surface area contributed by atoms with Crippen LogP contribution in [0.15, 0.2) is 28.8 Å². The average molecular weight is 261 g/mol. The van der Waals surface area contributed by atoms with Gasteiger partial charge in [-0.2, -0.15) is 4.98 Å². The second-order valence-electron chi connectivity index (χ2n) is 4.66. The molecule has 0 radical (unpaired) electrons. The van der Waals surface area contributed by atoms with E-state index in [9.17, 15) is 0 Å². The van der Waals surface area contributed by atoms with Crippen molar-refractivity contribution >= 4 is 0 Å². The van der Waals surface area contributed by atoms with E-state index in [2.05, 4.69) is 10.1 Å². The minimum Gasteiger partial charge on any atom is -0.493 e. The largest absolute Gasteiger partial charge is 0.493 e. The Hall–Kier alpha value is -1.88. The van der Waals surface area contributed by atoms with Gasteiger partial charge in [0.15, 0.2) is 0 Å². The van der Waals surface area contributed by atoms with E-state index in [1.165, 1.54) is 0 Å². The van der Waals surface area contributed by atoms with Gasteiger partial charge >= 0.3 is 0 Å². The Morgan fingerprint density at radius 1 is 1.32 bits per heavy atom. The molecule has 1 atom stereocenters. The van der Waals surface area contributed by atoms with Crippen molar-refractivity contribution in [2.45, 2.75) is 26.8 Å². The number of hydrogen-bond acceptors (Lipinski definition) is 5. The fourth-order valence-corrected chi connectivity index (χ4v) is 1.70. The summed E-state index contributed by atoms with van der Waals surface area (Å²) < 4.78 is 10.8. The number of nitrogens with zero attached hydrogens (tertiary/aromatic N) is 2. The molecule has 0 spiro atoms. The molecule has 0 bridgehead atoms. The lowest BCUT2D eigenvalue weighted by Crippen LogP contribution is -2.16. The zero-order chi connectivity index (χ0) is 13.8. The van der Waals surface area contributed by atoms with Crippen molar-refractivity contribution in [2.75, 3.05) is 6.61 Å². The van der Waals surface area contributed by atoms with Crippen LogP contribution in [0.1, 0.15) is 32.7 Å². The highest BCUT2D eigenvalue weighted by molar-refractivity contribution is 5.63. The summed E-state index contributed by atoms with van der Waals surface area (Å²) in [6, 6.07) is 7.36. The fourth-order valence-electron chi connectivity index (χ4n) is 1.70. The Labute approximate surface area is 112 Å². The maximum absolute atomic E-state index is 6.00. The first-order valence-corrected chi connectivity index (χ1v) is 6.44. The molecular weight excluding hydrogens is 242 g/mol. The van der Waals surface area contributed by atoms with E-state index in [0.717, 1.165) is 11.3 Å². The molecule has 0 amide bonds. The third-order valence-electron chi connectivity index (χ3n) is 2.87. The van der Waals surface area contributed by atoms with Crippen molar-refractivity contribution in [3.63, 3.8) is 0 Å². The topological polar surface area (TPSA) is 74.2 Å². The SMILES string of the molecule is CCOc1ccccc1-c1noc([C@@H](N)C(C)C)n1. The summed E-state index contributed by atoms with van der Waals surface area (Å²) in [5, 5.41) is 3.99. The maximum Gasteiger partial charge on any atom is 0.244 e. The Bertz CT molecular complexity index is 537. The first-order chi connectivity index (χ1) is 9.13. The summed E-state index contributed by atoms with van der Waals surface area (Å²) in [7, 11) is 0. The molecule has 1 heterocycles. The van der Waals surface area contributed by atoms with E-state index in [1.807, 2.05) is 45.0 Å². The predicted molar refractivity (Wildman–Crippen MR) is 72.7 cm³/mol. The van der Waals surface area contributed by atoms with Gasteiger partial charge in [-0.3, -0.25) is 0 Å². The Balaban J connectivity index is 2.32. The van der Waals surface area contributed by atoms with Crippen LogP contribution in [0, 0.1) is 5.92 Å². The molecule has 102 valence electrons. The molecule has 0 saturated carbocycles. The van der Waals surface area contributed by atoms with Gasteiger partial charge in [0.2, 0.25) is 11.7 Å². The number of hydrogen-bond donors (Lipinski definition) is 1. The van der Waals surface area contributed by atoms with Gasteiger partial charge in [-0.05, 0) is 25.0 Å². The molecular formula is C14H19N3O2. The summed E-state index contributed by atoms with van der Waals surface area (Å²) in [4.78, 5) is 4.36. The predicted octanol–water partition coefficient (Wildman–Crippen LogP) is 2.79. The molecule has 5 heteroatoms. The van der Waals surface area contributed by atoms with E-state index in [4.69, 9.17) is 15.0 Å². The maximum atomic E-state index is 6.00. The van der Waals surface area contributed by atoms with Gasteiger partial charge in [-0.1, -0.05) is 31.1 Å². The van der Waals surface area contributed by atoms with Crippen molar-refractivity contribution in [3.8, 4) is 17.1 Å². The van der Waals surface area contributed by atoms with Gasteiger partial charge in [-0.15, -0.1) is 0 Å². The molecule has 2 aromatic rings. The lowest BCUT2D eigenvalue weighted by Gasteiger charge is -2.09. The number of para-hydroxylation sites is 1. The molecule has 2 rings (SSSR count). The molecule has 1 aromatic heterocycles.